The van der Waals surface area contributed by atoms with Gasteiger partial charge < -0.3 is 5.73 Å². The molecule has 1 saturated carbocycles. The van der Waals surface area contributed by atoms with Gasteiger partial charge in [0.2, 0.25) is 0 Å². The maximum absolute atomic E-state index is 6.50. The van der Waals surface area contributed by atoms with Crippen LogP contribution in [0.5, 0.6) is 0 Å². The highest BCUT2D eigenvalue weighted by Gasteiger charge is 2.27. The van der Waals surface area contributed by atoms with Crippen LogP contribution in [-0.2, 0) is 13.0 Å². The van der Waals surface area contributed by atoms with E-state index in [0.29, 0.717) is 5.92 Å². The zero-order chi connectivity index (χ0) is 14.7. The molecule has 0 bridgehead atoms. The van der Waals surface area contributed by atoms with E-state index in [1.54, 1.807) is 0 Å². The molecule has 1 aliphatic carbocycles. The number of aromatic nitrogens is 2. The summed E-state index contributed by atoms with van der Waals surface area (Å²) in [6.07, 6.45) is 7.41. The quantitative estimate of drug-likeness (QED) is 0.894. The van der Waals surface area contributed by atoms with E-state index in [-0.39, 0.29) is 6.04 Å². The summed E-state index contributed by atoms with van der Waals surface area (Å²) in [5.74, 6) is 1.51. The lowest BCUT2D eigenvalue weighted by molar-refractivity contribution is 0.227. The van der Waals surface area contributed by atoms with Crippen molar-refractivity contribution < 1.29 is 0 Å². The summed E-state index contributed by atoms with van der Waals surface area (Å²) in [4.78, 5) is 0. The van der Waals surface area contributed by atoms with Gasteiger partial charge in [-0.15, -0.1) is 0 Å². The molecule has 1 heterocycles. The Morgan fingerprint density at radius 1 is 1.40 bits per heavy atom. The zero-order valence-corrected chi connectivity index (χ0v) is 13.8. The van der Waals surface area contributed by atoms with Gasteiger partial charge in [0.25, 0.3) is 0 Å². The first kappa shape index (κ1) is 15.8. The topological polar surface area (TPSA) is 43.8 Å². The molecule has 4 heteroatoms. The molecule has 3 unspecified atom stereocenters. The van der Waals surface area contributed by atoms with Gasteiger partial charge in [0.15, 0.2) is 0 Å². The molecule has 0 aromatic carbocycles. The third-order valence-electron chi connectivity index (χ3n) is 4.89. The summed E-state index contributed by atoms with van der Waals surface area (Å²) < 4.78 is 2.01. The summed E-state index contributed by atoms with van der Waals surface area (Å²) in [6.45, 7) is 7.23. The van der Waals surface area contributed by atoms with Crippen molar-refractivity contribution in [3.05, 3.63) is 16.4 Å². The standard InChI is InChI=1S/C16H28ClN3/c1-4-12-7-6-8-13(9-12)14(18)10-15-16(17)11(3)19-20(15)5-2/h12-14H,4-10,18H2,1-3H3. The Morgan fingerprint density at radius 3 is 2.80 bits per heavy atom. The van der Waals surface area contributed by atoms with Crippen LogP contribution < -0.4 is 5.73 Å². The molecule has 0 spiro atoms. The molecule has 0 radical (unpaired) electrons. The fourth-order valence-electron chi connectivity index (χ4n) is 3.55. The van der Waals surface area contributed by atoms with Crippen LogP contribution >= 0.6 is 11.6 Å². The molecule has 0 amide bonds. The highest BCUT2D eigenvalue weighted by atomic mass is 35.5. The van der Waals surface area contributed by atoms with Crippen LogP contribution in [0.3, 0.4) is 0 Å². The summed E-state index contributed by atoms with van der Waals surface area (Å²) in [6, 6.07) is 0.211. The van der Waals surface area contributed by atoms with E-state index < -0.39 is 0 Å². The van der Waals surface area contributed by atoms with E-state index in [0.717, 1.165) is 35.3 Å². The molecule has 1 aromatic rings. The summed E-state index contributed by atoms with van der Waals surface area (Å²) in [7, 11) is 0. The minimum atomic E-state index is 0.211. The average molecular weight is 298 g/mol. The number of rotatable bonds is 5. The van der Waals surface area contributed by atoms with Gasteiger partial charge >= 0.3 is 0 Å². The van der Waals surface area contributed by atoms with E-state index >= 15 is 0 Å². The van der Waals surface area contributed by atoms with E-state index in [9.17, 15) is 0 Å². The van der Waals surface area contributed by atoms with E-state index in [1.165, 1.54) is 32.1 Å². The highest BCUT2D eigenvalue weighted by molar-refractivity contribution is 6.31. The van der Waals surface area contributed by atoms with Gasteiger partial charge in [-0.1, -0.05) is 37.8 Å². The van der Waals surface area contributed by atoms with Crippen molar-refractivity contribution in [2.45, 2.75) is 71.9 Å². The van der Waals surface area contributed by atoms with Crippen LogP contribution in [-0.4, -0.2) is 15.8 Å². The minimum Gasteiger partial charge on any atom is -0.327 e. The Labute approximate surface area is 127 Å². The van der Waals surface area contributed by atoms with Crippen LogP contribution in [0.2, 0.25) is 5.02 Å². The van der Waals surface area contributed by atoms with Crippen molar-refractivity contribution in [1.29, 1.82) is 0 Å². The lowest BCUT2D eigenvalue weighted by atomic mass is 9.76. The Hall–Kier alpha value is -0.540. The van der Waals surface area contributed by atoms with Crippen molar-refractivity contribution >= 4 is 11.6 Å². The molecule has 3 atom stereocenters. The maximum atomic E-state index is 6.50. The molecule has 0 saturated heterocycles. The number of halogens is 1. The van der Waals surface area contributed by atoms with Crippen LogP contribution in [0.15, 0.2) is 0 Å². The molecule has 1 aliphatic rings. The Morgan fingerprint density at radius 2 is 2.15 bits per heavy atom. The summed E-state index contributed by atoms with van der Waals surface area (Å²) in [5, 5.41) is 5.30. The first-order valence-corrected chi connectivity index (χ1v) is 8.41. The lowest BCUT2D eigenvalue weighted by Gasteiger charge is -2.32. The molecular weight excluding hydrogens is 270 g/mol. The monoisotopic (exact) mass is 297 g/mol. The molecule has 114 valence electrons. The fourth-order valence-corrected chi connectivity index (χ4v) is 3.76. The van der Waals surface area contributed by atoms with E-state index in [4.69, 9.17) is 17.3 Å². The van der Waals surface area contributed by atoms with E-state index in [1.807, 2.05) is 11.6 Å². The van der Waals surface area contributed by atoms with Crippen LogP contribution in [0, 0.1) is 18.8 Å². The van der Waals surface area contributed by atoms with Crippen molar-refractivity contribution in [3.63, 3.8) is 0 Å². The second-order valence-electron chi connectivity index (χ2n) is 6.23. The summed E-state index contributed by atoms with van der Waals surface area (Å²) >= 11 is 6.39. The molecule has 1 aromatic heterocycles. The number of nitrogens with zero attached hydrogens (tertiary/aromatic N) is 2. The van der Waals surface area contributed by atoms with Gasteiger partial charge in [-0.25, -0.2) is 0 Å². The van der Waals surface area contributed by atoms with Gasteiger partial charge in [0, 0.05) is 19.0 Å². The second-order valence-corrected chi connectivity index (χ2v) is 6.61. The van der Waals surface area contributed by atoms with Crippen LogP contribution in [0.4, 0.5) is 0 Å². The van der Waals surface area contributed by atoms with Crippen molar-refractivity contribution in [1.82, 2.24) is 9.78 Å². The van der Waals surface area contributed by atoms with Crippen molar-refractivity contribution in [2.24, 2.45) is 17.6 Å². The highest BCUT2D eigenvalue weighted by Crippen LogP contribution is 2.34. The largest absolute Gasteiger partial charge is 0.327 e. The van der Waals surface area contributed by atoms with Gasteiger partial charge in [-0.05, 0) is 38.5 Å². The minimum absolute atomic E-state index is 0.211. The first-order valence-electron chi connectivity index (χ1n) is 8.04. The second kappa shape index (κ2) is 6.95. The third kappa shape index (κ3) is 3.37. The third-order valence-corrected chi connectivity index (χ3v) is 5.38. The maximum Gasteiger partial charge on any atom is 0.0847 e. The number of aryl methyl sites for hydroxylation is 2. The zero-order valence-electron chi connectivity index (χ0n) is 13.0. The molecule has 2 N–H and O–H groups in total. The SMILES string of the molecule is CCC1CCCC(C(N)Cc2c(Cl)c(C)nn2CC)C1. The first-order chi connectivity index (χ1) is 9.56. The normalized spacial score (nSPS) is 24.9. The molecule has 3 nitrogen and oxygen atoms in total. The smallest absolute Gasteiger partial charge is 0.0847 e. The molecule has 0 aliphatic heterocycles. The van der Waals surface area contributed by atoms with Gasteiger partial charge in [-0.2, -0.15) is 5.10 Å². The van der Waals surface area contributed by atoms with Crippen molar-refractivity contribution in [3.8, 4) is 0 Å². The number of hydrogen-bond donors (Lipinski definition) is 1. The molecular formula is C16H28ClN3. The number of hydrogen-bond acceptors (Lipinski definition) is 2. The van der Waals surface area contributed by atoms with Gasteiger partial charge in [-0.3, -0.25) is 4.68 Å². The van der Waals surface area contributed by atoms with Crippen LogP contribution in [0.1, 0.15) is 57.3 Å². The molecule has 20 heavy (non-hydrogen) atoms. The lowest BCUT2D eigenvalue weighted by Crippen LogP contribution is -2.36. The molecule has 2 rings (SSSR count). The average Bonchev–Trinajstić information content (AvgIpc) is 2.75. The van der Waals surface area contributed by atoms with Gasteiger partial charge in [0.1, 0.15) is 0 Å². The van der Waals surface area contributed by atoms with E-state index in [2.05, 4.69) is 18.9 Å². The predicted molar refractivity (Wildman–Crippen MR) is 85.1 cm³/mol. The Bertz CT molecular complexity index is 441. The number of nitrogens with two attached hydrogens (primary N) is 1. The predicted octanol–water partition coefficient (Wildman–Crippen LogP) is 3.95. The Kier molecular flexibility index (Phi) is 5.50. The molecule has 1 fully saturated rings. The van der Waals surface area contributed by atoms with Gasteiger partial charge in [0.05, 0.1) is 16.4 Å². The summed E-state index contributed by atoms with van der Waals surface area (Å²) in [5.41, 5.74) is 8.54. The van der Waals surface area contributed by atoms with Crippen molar-refractivity contribution in [2.75, 3.05) is 0 Å². The Balaban J connectivity index is 2.05. The van der Waals surface area contributed by atoms with Crippen LogP contribution in [0.25, 0.3) is 0 Å². The fraction of sp³-hybridized carbons (Fsp3) is 0.812.